The standard InChI is InChI=1S/C14H12Cl2FN/c1-9-3-2-6-18-14(9)8-12(16)11-5-4-10(15)7-13(11)17/h2-7,12H,8H2,1H3. The van der Waals surface area contributed by atoms with E-state index in [1.54, 1.807) is 18.3 Å². The van der Waals surface area contributed by atoms with E-state index in [1.165, 1.54) is 6.07 Å². The summed E-state index contributed by atoms with van der Waals surface area (Å²) in [6.07, 6.45) is 2.21. The molecule has 94 valence electrons. The number of hydrogen-bond acceptors (Lipinski definition) is 1. The molecule has 1 aromatic carbocycles. The van der Waals surface area contributed by atoms with Gasteiger partial charge in [-0.15, -0.1) is 11.6 Å². The van der Waals surface area contributed by atoms with Crippen molar-refractivity contribution in [2.24, 2.45) is 0 Å². The van der Waals surface area contributed by atoms with Gasteiger partial charge in [-0.3, -0.25) is 4.98 Å². The summed E-state index contributed by atoms with van der Waals surface area (Å²) in [6, 6.07) is 8.36. The molecule has 0 aliphatic rings. The van der Waals surface area contributed by atoms with Crippen LogP contribution in [0.1, 0.15) is 22.2 Å². The fourth-order valence-electron chi connectivity index (χ4n) is 1.77. The van der Waals surface area contributed by atoms with Crippen molar-refractivity contribution in [3.8, 4) is 0 Å². The smallest absolute Gasteiger partial charge is 0.129 e. The first kappa shape index (κ1) is 13.3. The van der Waals surface area contributed by atoms with Gasteiger partial charge in [0.1, 0.15) is 5.82 Å². The van der Waals surface area contributed by atoms with Gasteiger partial charge in [0.05, 0.1) is 5.38 Å². The third-order valence-corrected chi connectivity index (χ3v) is 3.41. The number of hydrogen-bond donors (Lipinski definition) is 0. The third kappa shape index (κ3) is 3.01. The molecule has 1 nitrogen and oxygen atoms in total. The van der Waals surface area contributed by atoms with E-state index in [0.29, 0.717) is 17.0 Å². The first-order valence-electron chi connectivity index (χ1n) is 5.57. The molecule has 0 spiro atoms. The first-order chi connectivity index (χ1) is 8.58. The van der Waals surface area contributed by atoms with Gasteiger partial charge in [0.2, 0.25) is 0 Å². The van der Waals surface area contributed by atoms with E-state index in [9.17, 15) is 4.39 Å². The summed E-state index contributed by atoms with van der Waals surface area (Å²) >= 11 is 12.0. The topological polar surface area (TPSA) is 12.9 Å². The molecule has 1 aromatic heterocycles. The van der Waals surface area contributed by atoms with Crippen LogP contribution in [0.4, 0.5) is 4.39 Å². The van der Waals surface area contributed by atoms with Crippen molar-refractivity contribution >= 4 is 23.2 Å². The zero-order chi connectivity index (χ0) is 13.1. The zero-order valence-electron chi connectivity index (χ0n) is 9.83. The minimum atomic E-state index is -0.448. The third-order valence-electron chi connectivity index (χ3n) is 2.79. The highest BCUT2D eigenvalue weighted by Gasteiger charge is 2.15. The molecule has 0 radical (unpaired) electrons. The van der Waals surface area contributed by atoms with Crippen molar-refractivity contribution in [1.29, 1.82) is 0 Å². The maximum Gasteiger partial charge on any atom is 0.129 e. The Morgan fingerprint density at radius 1 is 1.33 bits per heavy atom. The number of rotatable bonds is 3. The predicted molar refractivity (Wildman–Crippen MR) is 72.7 cm³/mol. The van der Waals surface area contributed by atoms with Crippen LogP contribution in [0.3, 0.4) is 0 Å². The van der Waals surface area contributed by atoms with Gasteiger partial charge in [-0.2, -0.15) is 0 Å². The van der Waals surface area contributed by atoms with Crippen LogP contribution in [0.5, 0.6) is 0 Å². The molecule has 2 aromatic rings. The van der Waals surface area contributed by atoms with E-state index in [2.05, 4.69) is 4.98 Å². The van der Waals surface area contributed by atoms with Gasteiger partial charge in [-0.05, 0) is 30.7 Å². The van der Waals surface area contributed by atoms with Crippen LogP contribution < -0.4 is 0 Å². The number of alkyl halides is 1. The Labute approximate surface area is 116 Å². The van der Waals surface area contributed by atoms with E-state index < -0.39 is 5.38 Å². The monoisotopic (exact) mass is 283 g/mol. The molecular formula is C14H12Cl2FN. The number of pyridine rings is 1. The van der Waals surface area contributed by atoms with Crippen LogP contribution >= 0.6 is 23.2 Å². The van der Waals surface area contributed by atoms with Crippen LogP contribution in [-0.4, -0.2) is 4.98 Å². The Kier molecular flexibility index (Phi) is 4.20. The average molecular weight is 284 g/mol. The molecule has 0 amide bonds. The molecule has 18 heavy (non-hydrogen) atoms. The highest BCUT2D eigenvalue weighted by Crippen LogP contribution is 2.28. The van der Waals surface area contributed by atoms with Crippen molar-refractivity contribution in [3.63, 3.8) is 0 Å². The maximum atomic E-state index is 13.7. The second kappa shape index (κ2) is 5.68. The van der Waals surface area contributed by atoms with Crippen LogP contribution in [0.15, 0.2) is 36.5 Å². The highest BCUT2D eigenvalue weighted by molar-refractivity contribution is 6.30. The minimum Gasteiger partial charge on any atom is -0.261 e. The molecule has 1 atom stereocenters. The lowest BCUT2D eigenvalue weighted by Crippen LogP contribution is -2.02. The predicted octanol–water partition coefficient (Wildman–Crippen LogP) is 4.71. The molecule has 1 heterocycles. The van der Waals surface area contributed by atoms with Gasteiger partial charge in [-0.1, -0.05) is 23.7 Å². The van der Waals surface area contributed by atoms with Crippen LogP contribution in [0.25, 0.3) is 0 Å². The summed E-state index contributed by atoms with van der Waals surface area (Å²) in [4.78, 5) is 4.26. The summed E-state index contributed by atoms with van der Waals surface area (Å²) in [5.74, 6) is -0.379. The largest absolute Gasteiger partial charge is 0.261 e. The molecule has 0 saturated carbocycles. The quantitative estimate of drug-likeness (QED) is 0.744. The van der Waals surface area contributed by atoms with Crippen molar-refractivity contribution in [2.45, 2.75) is 18.7 Å². The highest BCUT2D eigenvalue weighted by atomic mass is 35.5. The Balaban J connectivity index is 2.22. The van der Waals surface area contributed by atoms with Crippen LogP contribution in [-0.2, 0) is 6.42 Å². The second-order valence-corrected chi connectivity index (χ2v) is 5.07. The normalized spacial score (nSPS) is 12.4. The molecule has 4 heteroatoms. The Morgan fingerprint density at radius 2 is 2.11 bits per heavy atom. The van der Waals surface area contributed by atoms with E-state index >= 15 is 0 Å². The summed E-state index contributed by atoms with van der Waals surface area (Å²) in [7, 11) is 0. The molecule has 0 aliphatic heterocycles. The lowest BCUT2D eigenvalue weighted by atomic mass is 10.0. The molecular weight excluding hydrogens is 272 g/mol. The second-order valence-electron chi connectivity index (χ2n) is 4.10. The van der Waals surface area contributed by atoms with Gasteiger partial charge in [0, 0.05) is 28.9 Å². The summed E-state index contributed by atoms with van der Waals surface area (Å²) in [5, 5.41) is -0.0787. The van der Waals surface area contributed by atoms with Crippen LogP contribution in [0.2, 0.25) is 5.02 Å². The van der Waals surface area contributed by atoms with Crippen molar-refractivity contribution in [3.05, 3.63) is 64.2 Å². The van der Waals surface area contributed by atoms with E-state index in [4.69, 9.17) is 23.2 Å². The Morgan fingerprint density at radius 3 is 2.78 bits per heavy atom. The SMILES string of the molecule is Cc1cccnc1CC(Cl)c1ccc(Cl)cc1F. The molecule has 0 aliphatic carbocycles. The Bertz CT molecular complexity index is 557. The molecule has 2 rings (SSSR count). The minimum absolute atomic E-state index is 0.370. The average Bonchev–Trinajstić information content (AvgIpc) is 2.32. The van der Waals surface area contributed by atoms with Crippen molar-refractivity contribution in [2.75, 3.05) is 0 Å². The molecule has 0 fully saturated rings. The van der Waals surface area contributed by atoms with Crippen LogP contribution in [0, 0.1) is 12.7 Å². The Hall–Kier alpha value is -1.12. The van der Waals surface area contributed by atoms with Gasteiger partial charge in [0.15, 0.2) is 0 Å². The summed E-state index contributed by atoms with van der Waals surface area (Å²) < 4.78 is 13.7. The lowest BCUT2D eigenvalue weighted by Gasteiger charge is -2.12. The number of benzene rings is 1. The van der Waals surface area contributed by atoms with Gasteiger partial charge in [-0.25, -0.2) is 4.39 Å². The molecule has 0 bridgehead atoms. The lowest BCUT2D eigenvalue weighted by molar-refractivity contribution is 0.605. The zero-order valence-corrected chi connectivity index (χ0v) is 11.3. The maximum absolute atomic E-state index is 13.7. The van der Waals surface area contributed by atoms with E-state index in [1.807, 2.05) is 19.1 Å². The van der Waals surface area contributed by atoms with Crippen molar-refractivity contribution in [1.82, 2.24) is 4.98 Å². The number of aromatic nitrogens is 1. The fourth-order valence-corrected chi connectivity index (χ4v) is 2.25. The summed E-state index contributed by atoms with van der Waals surface area (Å²) in [6.45, 7) is 1.96. The van der Waals surface area contributed by atoms with Gasteiger partial charge >= 0.3 is 0 Å². The number of aryl methyl sites for hydroxylation is 1. The van der Waals surface area contributed by atoms with Gasteiger partial charge < -0.3 is 0 Å². The van der Waals surface area contributed by atoms with E-state index in [0.717, 1.165) is 11.3 Å². The van der Waals surface area contributed by atoms with Gasteiger partial charge in [0.25, 0.3) is 0 Å². The summed E-state index contributed by atoms with van der Waals surface area (Å²) in [5.41, 5.74) is 2.38. The number of halogens is 3. The fraction of sp³-hybridized carbons (Fsp3) is 0.214. The van der Waals surface area contributed by atoms with E-state index in [-0.39, 0.29) is 5.82 Å². The van der Waals surface area contributed by atoms with Crippen molar-refractivity contribution < 1.29 is 4.39 Å². The first-order valence-corrected chi connectivity index (χ1v) is 6.39. The molecule has 1 unspecified atom stereocenters. The molecule has 0 saturated heterocycles. The molecule has 0 N–H and O–H groups in total. The number of nitrogens with zero attached hydrogens (tertiary/aromatic N) is 1.